The van der Waals surface area contributed by atoms with Crippen molar-refractivity contribution in [3.05, 3.63) is 69.6 Å². The van der Waals surface area contributed by atoms with E-state index in [2.05, 4.69) is 15.0 Å². The number of carbonyl (C=O) groups excluding carboxylic acids is 1. The van der Waals surface area contributed by atoms with Gasteiger partial charge in [0.2, 0.25) is 15.9 Å². The molecule has 3 aromatic rings. The van der Waals surface area contributed by atoms with E-state index >= 15 is 0 Å². The van der Waals surface area contributed by atoms with Gasteiger partial charge in [0.1, 0.15) is 0 Å². The SMILES string of the molecule is CS(=O)(=O)Nc1ccc(-c2csc(NC(=O)Cc3ccccc3[N+](=O)[O-])n2)cc1. The van der Waals surface area contributed by atoms with Crippen LogP contribution in [0.2, 0.25) is 0 Å². The molecule has 0 atom stereocenters. The fraction of sp³-hybridized carbons (Fsp3) is 0.111. The number of nitro benzene ring substituents is 1. The van der Waals surface area contributed by atoms with Crippen molar-refractivity contribution in [3.8, 4) is 11.3 Å². The Morgan fingerprint density at radius 3 is 2.52 bits per heavy atom. The molecular weight excluding hydrogens is 416 g/mol. The number of aromatic nitrogens is 1. The van der Waals surface area contributed by atoms with E-state index in [9.17, 15) is 23.3 Å². The number of sulfonamides is 1. The predicted molar refractivity (Wildman–Crippen MR) is 111 cm³/mol. The predicted octanol–water partition coefficient (Wildman–Crippen LogP) is 3.27. The highest BCUT2D eigenvalue weighted by Crippen LogP contribution is 2.26. The number of para-hydroxylation sites is 1. The Morgan fingerprint density at radius 1 is 1.17 bits per heavy atom. The van der Waals surface area contributed by atoms with Gasteiger partial charge in [0.15, 0.2) is 5.13 Å². The summed E-state index contributed by atoms with van der Waals surface area (Å²) in [5, 5.41) is 15.8. The van der Waals surface area contributed by atoms with Crippen LogP contribution in [0.4, 0.5) is 16.5 Å². The van der Waals surface area contributed by atoms with Crippen LogP contribution in [-0.2, 0) is 21.2 Å². The number of anilines is 2. The number of rotatable bonds is 7. The van der Waals surface area contributed by atoms with Crippen LogP contribution in [0, 0.1) is 10.1 Å². The highest BCUT2D eigenvalue weighted by atomic mass is 32.2. The number of amides is 1. The molecule has 1 amide bonds. The molecule has 1 aromatic heterocycles. The minimum Gasteiger partial charge on any atom is -0.302 e. The first-order valence-electron chi connectivity index (χ1n) is 8.27. The minimum absolute atomic E-state index is 0.106. The van der Waals surface area contributed by atoms with Crippen LogP contribution in [-0.4, -0.2) is 30.5 Å². The Balaban J connectivity index is 1.67. The lowest BCUT2D eigenvalue weighted by Gasteiger charge is -2.04. The summed E-state index contributed by atoms with van der Waals surface area (Å²) in [6.07, 6.45) is 0.929. The lowest BCUT2D eigenvalue weighted by molar-refractivity contribution is -0.385. The van der Waals surface area contributed by atoms with Crippen molar-refractivity contribution in [2.24, 2.45) is 0 Å². The van der Waals surface area contributed by atoms with Crippen molar-refractivity contribution in [1.29, 1.82) is 0 Å². The molecule has 2 N–H and O–H groups in total. The molecule has 2 aromatic carbocycles. The van der Waals surface area contributed by atoms with E-state index < -0.39 is 20.9 Å². The van der Waals surface area contributed by atoms with Crippen molar-refractivity contribution in [1.82, 2.24) is 4.98 Å². The topological polar surface area (TPSA) is 131 Å². The van der Waals surface area contributed by atoms with Crippen LogP contribution in [0.5, 0.6) is 0 Å². The first kappa shape index (κ1) is 20.4. The van der Waals surface area contributed by atoms with Crippen molar-refractivity contribution in [2.45, 2.75) is 6.42 Å². The zero-order valence-corrected chi connectivity index (χ0v) is 16.8. The summed E-state index contributed by atoms with van der Waals surface area (Å²) in [6, 6.07) is 12.7. The summed E-state index contributed by atoms with van der Waals surface area (Å²) >= 11 is 1.22. The average Bonchev–Trinajstić information content (AvgIpc) is 3.09. The molecule has 0 spiro atoms. The van der Waals surface area contributed by atoms with E-state index in [0.717, 1.165) is 11.8 Å². The van der Waals surface area contributed by atoms with Crippen LogP contribution in [0.3, 0.4) is 0 Å². The summed E-state index contributed by atoms with van der Waals surface area (Å²) in [4.78, 5) is 27.1. The van der Waals surface area contributed by atoms with Crippen molar-refractivity contribution < 1.29 is 18.1 Å². The first-order chi connectivity index (χ1) is 13.7. The fourth-order valence-electron chi connectivity index (χ4n) is 2.56. The maximum Gasteiger partial charge on any atom is 0.273 e. The van der Waals surface area contributed by atoms with Gasteiger partial charge in [-0.05, 0) is 12.1 Å². The zero-order chi connectivity index (χ0) is 21.0. The first-order valence-corrected chi connectivity index (χ1v) is 11.0. The number of thiazole rings is 1. The Kier molecular flexibility index (Phi) is 5.89. The van der Waals surface area contributed by atoms with E-state index in [4.69, 9.17) is 0 Å². The third-order valence-electron chi connectivity index (χ3n) is 3.77. The van der Waals surface area contributed by atoms with Crippen molar-refractivity contribution in [3.63, 3.8) is 0 Å². The number of nitro groups is 1. The molecule has 1 heterocycles. The third-order valence-corrected chi connectivity index (χ3v) is 5.14. The highest BCUT2D eigenvalue weighted by Gasteiger charge is 2.16. The number of carbonyl (C=O) groups is 1. The normalized spacial score (nSPS) is 11.1. The molecule has 9 nitrogen and oxygen atoms in total. The largest absolute Gasteiger partial charge is 0.302 e. The van der Waals surface area contributed by atoms with Gasteiger partial charge in [0.25, 0.3) is 5.69 Å². The molecule has 0 bridgehead atoms. The molecular formula is C18H16N4O5S2. The second-order valence-corrected chi connectivity index (χ2v) is 8.71. The Bertz CT molecular complexity index is 1160. The van der Waals surface area contributed by atoms with E-state index in [1.54, 1.807) is 41.8 Å². The molecule has 29 heavy (non-hydrogen) atoms. The molecule has 0 aliphatic rings. The summed E-state index contributed by atoms with van der Waals surface area (Å²) in [5.41, 5.74) is 2.01. The molecule has 0 unspecified atom stereocenters. The van der Waals surface area contributed by atoms with E-state index in [0.29, 0.717) is 22.1 Å². The summed E-state index contributed by atoms with van der Waals surface area (Å²) in [7, 11) is -3.35. The number of benzene rings is 2. The second-order valence-electron chi connectivity index (χ2n) is 6.10. The van der Waals surface area contributed by atoms with Gasteiger partial charge in [-0.2, -0.15) is 0 Å². The third kappa shape index (κ3) is 5.59. The van der Waals surface area contributed by atoms with Crippen LogP contribution in [0.15, 0.2) is 53.9 Å². The van der Waals surface area contributed by atoms with Gasteiger partial charge in [0, 0.05) is 28.3 Å². The van der Waals surface area contributed by atoms with E-state index in [1.807, 2.05) is 0 Å². The van der Waals surface area contributed by atoms with Crippen LogP contribution in [0.1, 0.15) is 5.56 Å². The second kappa shape index (κ2) is 8.37. The molecule has 0 aliphatic carbocycles. The smallest absolute Gasteiger partial charge is 0.273 e. The van der Waals surface area contributed by atoms with Crippen LogP contribution in [0.25, 0.3) is 11.3 Å². The van der Waals surface area contributed by atoms with Crippen LogP contribution >= 0.6 is 11.3 Å². The van der Waals surface area contributed by atoms with Gasteiger partial charge < -0.3 is 5.32 Å². The number of nitrogens with zero attached hydrogens (tertiary/aromatic N) is 2. The van der Waals surface area contributed by atoms with Gasteiger partial charge in [0.05, 0.1) is 23.3 Å². The minimum atomic E-state index is -3.35. The van der Waals surface area contributed by atoms with Gasteiger partial charge in [-0.3, -0.25) is 19.6 Å². The fourth-order valence-corrected chi connectivity index (χ4v) is 3.86. The van der Waals surface area contributed by atoms with Gasteiger partial charge in [-0.25, -0.2) is 13.4 Å². The number of nitrogens with one attached hydrogen (secondary N) is 2. The maximum absolute atomic E-state index is 12.2. The summed E-state index contributed by atoms with van der Waals surface area (Å²) in [6.45, 7) is 0. The zero-order valence-electron chi connectivity index (χ0n) is 15.2. The summed E-state index contributed by atoms with van der Waals surface area (Å²) in [5.74, 6) is -0.409. The van der Waals surface area contributed by atoms with Crippen molar-refractivity contribution in [2.75, 3.05) is 16.3 Å². The molecule has 0 saturated heterocycles. The van der Waals surface area contributed by atoms with Crippen LogP contribution < -0.4 is 10.0 Å². The van der Waals surface area contributed by atoms with Crippen molar-refractivity contribution >= 4 is 43.8 Å². The molecule has 11 heteroatoms. The molecule has 0 saturated carbocycles. The molecule has 150 valence electrons. The Morgan fingerprint density at radius 2 is 1.86 bits per heavy atom. The molecule has 0 fully saturated rings. The number of hydrogen-bond acceptors (Lipinski definition) is 7. The Labute approximate surface area is 170 Å². The molecule has 0 aliphatic heterocycles. The monoisotopic (exact) mass is 432 g/mol. The Hall–Kier alpha value is -3.31. The van der Waals surface area contributed by atoms with Gasteiger partial charge >= 0.3 is 0 Å². The average molecular weight is 432 g/mol. The lowest BCUT2D eigenvalue weighted by Crippen LogP contribution is -2.15. The lowest BCUT2D eigenvalue weighted by atomic mass is 10.1. The maximum atomic E-state index is 12.2. The van der Waals surface area contributed by atoms with Gasteiger partial charge in [-0.15, -0.1) is 11.3 Å². The highest BCUT2D eigenvalue weighted by molar-refractivity contribution is 7.92. The van der Waals surface area contributed by atoms with E-state index in [-0.39, 0.29) is 12.1 Å². The quantitative estimate of drug-likeness (QED) is 0.435. The molecule has 0 radical (unpaired) electrons. The molecule has 3 rings (SSSR count). The van der Waals surface area contributed by atoms with E-state index in [1.165, 1.54) is 23.5 Å². The standard InChI is InChI=1S/C18H16N4O5S2/c1-29(26,27)21-14-8-6-12(7-9-14)15-11-28-18(19-15)20-17(23)10-13-4-2-3-5-16(13)22(24)25/h2-9,11,21H,10H2,1H3,(H,19,20,23). The summed E-state index contributed by atoms with van der Waals surface area (Å²) < 4.78 is 24.9. The van der Waals surface area contributed by atoms with Gasteiger partial charge in [-0.1, -0.05) is 30.3 Å². The number of hydrogen-bond donors (Lipinski definition) is 2.